The number of carbonyl (C=O) groups excluding carboxylic acids is 2. The number of benzene rings is 1. The number of rotatable bonds is 14. The van der Waals surface area contributed by atoms with Crippen molar-refractivity contribution in [2.75, 3.05) is 26.7 Å². The number of carbonyl (C=O) groups is 2. The number of Topliss-reactive ketones (excluding diaryl/α,β-unsaturated/α-hetero) is 1. The van der Waals surface area contributed by atoms with Crippen LogP contribution in [0.25, 0.3) is 22.2 Å². The first-order chi connectivity index (χ1) is 20.5. The predicted octanol–water partition coefficient (Wildman–Crippen LogP) is 6.23. The number of likely N-dealkylation sites (tertiary alicyclic amines) is 1. The van der Waals surface area contributed by atoms with Gasteiger partial charge in [0.15, 0.2) is 0 Å². The molecule has 2 aromatic heterocycles. The second kappa shape index (κ2) is 12.5. The van der Waals surface area contributed by atoms with Gasteiger partial charge in [0.1, 0.15) is 11.6 Å². The lowest BCUT2D eigenvalue weighted by Gasteiger charge is -2.33. The Kier molecular flexibility index (Phi) is 8.61. The number of amides is 1. The summed E-state index contributed by atoms with van der Waals surface area (Å²) < 4.78 is 5.64. The van der Waals surface area contributed by atoms with E-state index in [2.05, 4.69) is 21.3 Å². The number of H-pyrrole nitrogens is 1. The fourth-order valence-electron chi connectivity index (χ4n) is 6.79. The fraction of sp³-hybridized carbons (Fsp3) is 0.588. The Morgan fingerprint density at radius 1 is 1.17 bits per heavy atom. The lowest BCUT2D eigenvalue weighted by Crippen LogP contribution is -2.38. The van der Waals surface area contributed by atoms with Gasteiger partial charge >= 0.3 is 0 Å². The number of nitrogens with one attached hydrogen (secondary N) is 2. The molecule has 6 rings (SSSR count). The van der Waals surface area contributed by atoms with E-state index in [-0.39, 0.29) is 23.3 Å². The Labute approximate surface area is 249 Å². The molecule has 3 aromatic rings. The van der Waals surface area contributed by atoms with E-state index < -0.39 is 0 Å². The highest BCUT2D eigenvalue weighted by Gasteiger charge is 2.58. The lowest BCUT2D eigenvalue weighted by molar-refractivity contribution is -0.124. The maximum atomic E-state index is 13.6. The lowest BCUT2D eigenvalue weighted by atomic mass is 9.90. The van der Waals surface area contributed by atoms with E-state index in [1.54, 1.807) is 7.11 Å². The number of fused-ring (bicyclic) bond motifs is 1. The number of para-hydroxylation sites is 1. The van der Waals surface area contributed by atoms with E-state index in [9.17, 15) is 9.59 Å². The second-order valence-corrected chi connectivity index (χ2v) is 12.8. The molecule has 3 aliphatic rings. The smallest absolute Gasteiger partial charge is 0.224 e. The van der Waals surface area contributed by atoms with Crippen LogP contribution in [0, 0.1) is 17.3 Å². The molecule has 1 aromatic carbocycles. The SMILES string of the molecule is CCC(=O)CCCCC[C@H](NC(=O)[C@H]1CC12CCN(CC1CC1)CC2)c1ncc(-c2cc3ccccc3nc2OC)[nH]1. The molecule has 42 heavy (non-hydrogen) atoms. The summed E-state index contributed by atoms with van der Waals surface area (Å²) in [7, 11) is 1.63. The van der Waals surface area contributed by atoms with Gasteiger partial charge in [-0.2, -0.15) is 0 Å². The van der Waals surface area contributed by atoms with Gasteiger partial charge in [-0.3, -0.25) is 9.59 Å². The number of nitrogens with zero attached hydrogens (tertiary/aromatic N) is 3. The summed E-state index contributed by atoms with van der Waals surface area (Å²) in [5.41, 5.74) is 2.73. The molecular formula is C34H45N5O3. The normalized spacial score (nSPS) is 20.5. The third-order valence-corrected chi connectivity index (χ3v) is 9.83. The molecule has 3 heterocycles. The topological polar surface area (TPSA) is 100 Å². The van der Waals surface area contributed by atoms with Crippen LogP contribution in [-0.2, 0) is 9.59 Å². The van der Waals surface area contributed by atoms with Crippen LogP contribution in [0.4, 0.5) is 0 Å². The van der Waals surface area contributed by atoms with Crippen LogP contribution in [0.2, 0.25) is 0 Å². The van der Waals surface area contributed by atoms with Gasteiger partial charge in [0.2, 0.25) is 11.8 Å². The first-order valence-corrected chi connectivity index (χ1v) is 16.0. The van der Waals surface area contributed by atoms with Crippen molar-refractivity contribution in [1.82, 2.24) is 25.2 Å². The molecule has 1 spiro atoms. The van der Waals surface area contributed by atoms with Crippen molar-refractivity contribution >= 4 is 22.6 Å². The van der Waals surface area contributed by atoms with Gasteiger partial charge in [0, 0.05) is 30.7 Å². The zero-order valence-electron chi connectivity index (χ0n) is 25.2. The number of methoxy groups -OCH3 is 1. The molecule has 2 atom stereocenters. The maximum absolute atomic E-state index is 13.6. The highest BCUT2D eigenvalue weighted by atomic mass is 16.5. The number of piperidine rings is 1. The standard InChI is InChI=1S/C34H45N5O3/c1-3-25(40)10-5-4-6-12-29(37-32(41)27-20-34(27)15-17-39(18-16-34)22-23-13-14-23)31-35-21-30(36-31)26-19-24-9-7-8-11-28(24)38-33(26)42-2/h7-9,11,19,21,23,27,29H,3-6,10,12-18,20,22H2,1-2H3,(H,35,36)(H,37,41)/t27-,29+/m1/s1. The molecule has 0 unspecified atom stereocenters. The zero-order chi connectivity index (χ0) is 29.1. The molecule has 0 bridgehead atoms. The number of hydrogen-bond acceptors (Lipinski definition) is 6. The van der Waals surface area contributed by atoms with Crippen LogP contribution in [-0.4, -0.2) is 58.3 Å². The average Bonchev–Trinajstić information content (AvgIpc) is 3.92. The van der Waals surface area contributed by atoms with E-state index >= 15 is 0 Å². The van der Waals surface area contributed by atoms with Gasteiger partial charge in [0.05, 0.1) is 36.1 Å². The number of aromatic nitrogens is 3. The van der Waals surface area contributed by atoms with Gasteiger partial charge in [-0.1, -0.05) is 38.0 Å². The van der Waals surface area contributed by atoms with E-state index in [1.807, 2.05) is 37.4 Å². The third-order valence-electron chi connectivity index (χ3n) is 9.83. The van der Waals surface area contributed by atoms with Gasteiger partial charge in [-0.25, -0.2) is 9.97 Å². The van der Waals surface area contributed by atoms with Crippen molar-refractivity contribution in [2.45, 2.75) is 83.6 Å². The minimum Gasteiger partial charge on any atom is -0.480 e. The van der Waals surface area contributed by atoms with Crippen LogP contribution < -0.4 is 10.1 Å². The molecule has 3 fully saturated rings. The van der Waals surface area contributed by atoms with Crippen LogP contribution >= 0.6 is 0 Å². The van der Waals surface area contributed by atoms with Crippen molar-refractivity contribution in [2.24, 2.45) is 17.3 Å². The van der Waals surface area contributed by atoms with E-state index in [0.717, 1.165) is 91.9 Å². The van der Waals surface area contributed by atoms with Crippen LogP contribution in [0.3, 0.4) is 0 Å². The highest BCUT2D eigenvalue weighted by Crippen LogP contribution is 2.59. The molecule has 1 saturated heterocycles. The predicted molar refractivity (Wildman–Crippen MR) is 164 cm³/mol. The summed E-state index contributed by atoms with van der Waals surface area (Å²) in [6.45, 7) is 5.42. The molecule has 224 valence electrons. The van der Waals surface area contributed by atoms with Gasteiger partial charge < -0.3 is 19.9 Å². The number of ether oxygens (including phenoxy) is 1. The molecule has 8 nitrogen and oxygen atoms in total. The monoisotopic (exact) mass is 571 g/mol. The van der Waals surface area contributed by atoms with Crippen molar-refractivity contribution in [1.29, 1.82) is 0 Å². The molecule has 1 amide bonds. The number of unbranched alkanes of at least 4 members (excludes halogenated alkanes) is 2. The van der Waals surface area contributed by atoms with E-state index in [4.69, 9.17) is 14.7 Å². The first-order valence-electron chi connectivity index (χ1n) is 16.0. The Morgan fingerprint density at radius 2 is 1.98 bits per heavy atom. The Hall–Kier alpha value is -3.26. The number of imidazole rings is 1. The molecule has 2 N–H and O–H groups in total. The molecule has 1 aliphatic heterocycles. The minimum absolute atomic E-state index is 0.101. The Bertz CT molecular complexity index is 1410. The Morgan fingerprint density at radius 3 is 2.74 bits per heavy atom. The van der Waals surface area contributed by atoms with E-state index in [1.165, 1.54) is 19.4 Å². The van der Waals surface area contributed by atoms with Gasteiger partial charge in [-0.05, 0) is 81.5 Å². The second-order valence-electron chi connectivity index (χ2n) is 12.8. The highest BCUT2D eigenvalue weighted by molar-refractivity contribution is 5.85. The summed E-state index contributed by atoms with van der Waals surface area (Å²) >= 11 is 0. The van der Waals surface area contributed by atoms with Crippen molar-refractivity contribution in [3.05, 3.63) is 42.4 Å². The quantitative estimate of drug-likeness (QED) is 0.223. The maximum Gasteiger partial charge on any atom is 0.224 e. The van der Waals surface area contributed by atoms with Gasteiger partial charge in [-0.15, -0.1) is 0 Å². The molecule has 8 heteroatoms. The number of hydrogen-bond donors (Lipinski definition) is 2. The van der Waals surface area contributed by atoms with Crippen molar-refractivity contribution in [3.63, 3.8) is 0 Å². The summed E-state index contributed by atoms with van der Waals surface area (Å²) in [6, 6.07) is 9.84. The molecule has 0 radical (unpaired) electrons. The summed E-state index contributed by atoms with van der Waals surface area (Å²) in [4.78, 5) is 41.0. The summed E-state index contributed by atoms with van der Waals surface area (Å²) in [5.74, 6) is 2.80. The molecule has 2 aliphatic carbocycles. The van der Waals surface area contributed by atoms with E-state index in [0.29, 0.717) is 24.5 Å². The number of pyridine rings is 1. The fourth-order valence-corrected chi connectivity index (χ4v) is 6.79. The minimum atomic E-state index is -0.208. The van der Waals surface area contributed by atoms with Crippen LogP contribution in [0.1, 0.15) is 89.4 Å². The first kappa shape index (κ1) is 28.8. The van der Waals surface area contributed by atoms with Crippen LogP contribution in [0.15, 0.2) is 36.5 Å². The van der Waals surface area contributed by atoms with Crippen molar-refractivity contribution in [3.8, 4) is 17.1 Å². The molecular weight excluding hydrogens is 526 g/mol. The largest absolute Gasteiger partial charge is 0.480 e. The number of aromatic amines is 1. The molecule has 2 saturated carbocycles. The summed E-state index contributed by atoms with van der Waals surface area (Å²) in [5, 5.41) is 4.42. The van der Waals surface area contributed by atoms with Crippen molar-refractivity contribution < 1.29 is 14.3 Å². The Balaban J connectivity index is 1.14. The van der Waals surface area contributed by atoms with Crippen LogP contribution in [0.5, 0.6) is 5.88 Å². The average molecular weight is 572 g/mol. The number of ketones is 1. The summed E-state index contributed by atoms with van der Waals surface area (Å²) in [6.07, 6.45) is 12.6. The zero-order valence-corrected chi connectivity index (χ0v) is 25.2. The van der Waals surface area contributed by atoms with Gasteiger partial charge in [0.25, 0.3) is 0 Å². The third kappa shape index (κ3) is 6.54.